The third-order valence-corrected chi connectivity index (χ3v) is 4.16. The average Bonchev–Trinajstić information content (AvgIpc) is 2.56. The predicted molar refractivity (Wildman–Crippen MR) is 91.3 cm³/mol. The first kappa shape index (κ1) is 14.7. The van der Waals surface area contributed by atoms with Gasteiger partial charge in [0, 0.05) is 38.4 Å². The Balaban J connectivity index is 1.60. The fourth-order valence-corrected chi connectivity index (χ4v) is 2.99. The molecule has 0 atom stereocenters. The number of para-hydroxylation sites is 2. The number of nitrogens with zero attached hydrogens (tertiary/aromatic N) is 2. The number of methoxy groups -OCH3 is 1. The fourth-order valence-electron chi connectivity index (χ4n) is 2.99. The molecule has 1 saturated heterocycles. The van der Waals surface area contributed by atoms with Crippen LogP contribution in [0.2, 0.25) is 0 Å². The lowest BCUT2D eigenvalue weighted by Crippen LogP contribution is -2.46. The maximum Gasteiger partial charge on any atom is 0.142 e. The molecule has 116 valence electrons. The number of nitrogen functional groups attached to an aromatic ring is 1. The van der Waals surface area contributed by atoms with E-state index in [1.165, 1.54) is 11.3 Å². The third-order valence-electron chi connectivity index (χ3n) is 4.16. The quantitative estimate of drug-likeness (QED) is 0.881. The maximum atomic E-state index is 5.85. The molecule has 1 aliphatic rings. The van der Waals surface area contributed by atoms with Crippen LogP contribution in [-0.2, 0) is 6.54 Å². The van der Waals surface area contributed by atoms with Crippen molar-refractivity contribution < 1.29 is 4.74 Å². The van der Waals surface area contributed by atoms with E-state index < -0.39 is 0 Å². The summed E-state index contributed by atoms with van der Waals surface area (Å²) in [5, 5.41) is 0. The minimum Gasteiger partial charge on any atom is -0.495 e. The molecular weight excluding hydrogens is 274 g/mol. The Morgan fingerprint density at radius 3 is 2.50 bits per heavy atom. The normalized spacial score (nSPS) is 15.8. The van der Waals surface area contributed by atoms with Gasteiger partial charge >= 0.3 is 0 Å². The zero-order valence-electron chi connectivity index (χ0n) is 13.0. The van der Waals surface area contributed by atoms with E-state index in [1.807, 2.05) is 24.3 Å². The van der Waals surface area contributed by atoms with E-state index >= 15 is 0 Å². The average molecular weight is 297 g/mol. The van der Waals surface area contributed by atoms with Crippen molar-refractivity contribution in [1.82, 2.24) is 4.90 Å². The summed E-state index contributed by atoms with van der Waals surface area (Å²) in [6, 6.07) is 16.4. The lowest BCUT2D eigenvalue weighted by Gasteiger charge is -2.36. The number of hydrogen-bond donors (Lipinski definition) is 1. The summed E-state index contributed by atoms with van der Waals surface area (Å²) in [5.41, 5.74) is 9.16. The Kier molecular flexibility index (Phi) is 4.49. The highest BCUT2D eigenvalue weighted by Crippen LogP contribution is 2.28. The Hall–Kier alpha value is -2.20. The SMILES string of the molecule is COc1ccccc1N1CCN(Cc2cccc(N)c2)CC1. The van der Waals surface area contributed by atoms with Gasteiger partial charge in [0.05, 0.1) is 12.8 Å². The predicted octanol–water partition coefficient (Wildman–Crippen LogP) is 2.60. The van der Waals surface area contributed by atoms with Crippen LogP contribution in [0.5, 0.6) is 5.75 Å². The number of ether oxygens (including phenoxy) is 1. The monoisotopic (exact) mass is 297 g/mol. The number of rotatable bonds is 4. The summed E-state index contributed by atoms with van der Waals surface area (Å²) >= 11 is 0. The molecule has 22 heavy (non-hydrogen) atoms. The van der Waals surface area contributed by atoms with Crippen LogP contribution in [0.25, 0.3) is 0 Å². The second-order valence-electron chi connectivity index (χ2n) is 5.68. The van der Waals surface area contributed by atoms with Gasteiger partial charge in [-0.2, -0.15) is 0 Å². The number of hydrogen-bond acceptors (Lipinski definition) is 4. The highest BCUT2D eigenvalue weighted by Gasteiger charge is 2.19. The lowest BCUT2D eigenvalue weighted by atomic mass is 10.1. The molecule has 0 bridgehead atoms. The van der Waals surface area contributed by atoms with Crippen molar-refractivity contribution in [2.24, 2.45) is 0 Å². The van der Waals surface area contributed by atoms with E-state index in [1.54, 1.807) is 7.11 Å². The van der Waals surface area contributed by atoms with E-state index in [-0.39, 0.29) is 0 Å². The molecule has 0 spiro atoms. The van der Waals surface area contributed by atoms with E-state index in [4.69, 9.17) is 10.5 Å². The van der Waals surface area contributed by atoms with Crippen molar-refractivity contribution in [3.8, 4) is 5.75 Å². The first-order chi connectivity index (χ1) is 10.8. The van der Waals surface area contributed by atoms with Gasteiger partial charge in [0.25, 0.3) is 0 Å². The molecule has 0 aromatic heterocycles. The molecule has 2 aromatic carbocycles. The number of piperazine rings is 1. The molecule has 1 fully saturated rings. The third kappa shape index (κ3) is 3.34. The van der Waals surface area contributed by atoms with Crippen LogP contribution in [0, 0.1) is 0 Å². The maximum absolute atomic E-state index is 5.85. The van der Waals surface area contributed by atoms with Crippen LogP contribution in [0.4, 0.5) is 11.4 Å². The first-order valence-electron chi connectivity index (χ1n) is 7.71. The van der Waals surface area contributed by atoms with Gasteiger partial charge in [-0.15, -0.1) is 0 Å². The second kappa shape index (κ2) is 6.71. The fraction of sp³-hybridized carbons (Fsp3) is 0.333. The van der Waals surface area contributed by atoms with Crippen molar-refractivity contribution in [2.75, 3.05) is 43.9 Å². The summed E-state index contributed by atoms with van der Waals surface area (Å²) in [4.78, 5) is 4.87. The molecule has 1 heterocycles. The molecule has 4 heteroatoms. The van der Waals surface area contributed by atoms with Crippen LogP contribution in [0.3, 0.4) is 0 Å². The van der Waals surface area contributed by atoms with E-state index in [0.29, 0.717) is 0 Å². The molecule has 0 unspecified atom stereocenters. The highest BCUT2D eigenvalue weighted by molar-refractivity contribution is 5.58. The molecular formula is C18H23N3O. The van der Waals surface area contributed by atoms with Crippen molar-refractivity contribution in [1.29, 1.82) is 0 Å². The zero-order valence-corrected chi connectivity index (χ0v) is 13.0. The molecule has 0 saturated carbocycles. The van der Waals surface area contributed by atoms with Crippen LogP contribution in [0.15, 0.2) is 48.5 Å². The molecule has 2 N–H and O–H groups in total. The molecule has 4 nitrogen and oxygen atoms in total. The molecule has 0 aliphatic carbocycles. The van der Waals surface area contributed by atoms with Crippen molar-refractivity contribution in [3.63, 3.8) is 0 Å². The Bertz CT molecular complexity index is 621. The van der Waals surface area contributed by atoms with Gasteiger partial charge in [0.1, 0.15) is 5.75 Å². The van der Waals surface area contributed by atoms with Gasteiger partial charge in [-0.3, -0.25) is 4.90 Å². The standard InChI is InChI=1S/C18H23N3O/c1-22-18-8-3-2-7-17(18)21-11-9-20(10-12-21)14-15-5-4-6-16(19)13-15/h2-8,13H,9-12,14,19H2,1H3. The first-order valence-corrected chi connectivity index (χ1v) is 7.71. The van der Waals surface area contributed by atoms with E-state index in [0.717, 1.165) is 44.2 Å². The van der Waals surface area contributed by atoms with Gasteiger partial charge in [-0.05, 0) is 29.8 Å². The minimum atomic E-state index is 0.838. The van der Waals surface area contributed by atoms with Gasteiger partial charge in [-0.25, -0.2) is 0 Å². The molecule has 2 aromatic rings. The number of benzene rings is 2. The van der Waals surface area contributed by atoms with Gasteiger partial charge in [0.2, 0.25) is 0 Å². The van der Waals surface area contributed by atoms with Gasteiger partial charge in [0.15, 0.2) is 0 Å². The molecule has 1 aliphatic heterocycles. The van der Waals surface area contributed by atoms with Crippen LogP contribution >= 0.6 is 0 Å². The van der Waals surface area contributed by atoms with Crippen LogP contribution in [-0.4, -0.2) is 38.2 Å². The summed E-state index contributed by atoms with van der Waals surface area (Å²) in [6.45, 7) is 5.09. The van der Waals surface area contributed by atoms with E-state index in [9.17, 15) is 0 Å². The molecule has 3 rings (SSSR count). The summed E-state index contributed by atoms with van der Waals surface area (Å²) in [6.07, 6.45) is 0. The van der Waals surface area contributed by atoms with Crippen molar-refractivity contribution >= 4 is 11.4 Å². The summed E-state index contributed by atoms with van der Waals surface area (Å²) in [7, 11) is 1.73. The number of anilines is 2. The number of nitrogens with two attached hydrogens (primary N) is 1. The largest absolute Gasteiger partial charge is 0.495 e. The van der Waals surface area contributed by atoms with Gasteiger partial charge in [-0.1, -0.05) is 24.3 Å². The lowest BCUT2D eigenvalue weighted by molar-refractivity contribution is 0.249. The smallest absolute Gasteiger partial charge is 0.142 e. The second-order valence-corrected chi connectivity index (χ2v) is 5.68. The Morgan fingerprint density at radius 1 is 1.00 bits per heavy atom. The van der Waals surface area contributed by atoms with Crippen LogP contribution in [0.1, 0.15) is 5.56 Å². The highest BCUT2D eigenvalue weighted by atomic mass is 16.5. The topological polar surface area (TPSA) is 41.7 Å². The Labute approximate surface area is 132 Å². The van der Waals surface area contributed by atoms with Gasteiger partial charge < -0.3 is 15.4 Å². The van der Waals surface area contributed by atoms with Crippen molar-refractivity contribution in [2.45, 2.75) is 6.54 Å². The summed E-state index contributed by atoms with van der Waals surface area (Å²) < 4.78 is 5.47. The summed E-state index contributed by atoms with van der Waals surface area (Å²) in [5.74, 6) is 0.951. The molecule has 0 amide bonds. The van der Waals surface area contributed by atoms with Crippen LogP contribution < -0.4 is 15.4 Å². The Morgan fingerprint density at radius 2 is 1.77 bits per heavy atom. The molecule has 0 radical (unpaired) electrons. The zero-order chi connectivity index (χ0) is 15.4. The van der Waals surface area contributed by atoms with E-state index in [2.05, 4.69) is 34.1 Å². The van der Waals surface area contributed by atoms with Crippen molar-refractivity contribution in [3.05, 3.63) is 54.1 Å². The minimum absolute atomic E-state index is 0.838.